The fraction of sp³-hybridized carbons (Fsp3) is 0.333. The molecule has 10 heteroatoms. The van der Waals surface area contributed by atoms with Crippen molar-refractivity contribution in [3.05, 3.63) is 98.1 Å². The van der Waals surface area contributed by atoms with Crippen molar-refractivity contribution in [2.45, 2.75) is 59.6 Å². The number of hydrogen-bond acceptors (Lipinski definition) is 3. The van der Waals surface area contributed by atoms with Crippen molar-refractivity contribution < 1.29 is 37.0 Å². The molecule has 0 fully saturated rings. The van der Waals surface area contributed by atoms with Crippen molar-refractivity contribution in [2.75, 3.05) is 0 Å². The van der Waals surface area contributed by atoms with Gasteiger partial charge in [-0.15, -0.1) is 0 Å². The van der Waals surface area contributed by atoms with E-state index in [4.69, 9.17) is 21.4 Å². The number of aliphatic carboxylic acids is 1. The number of aryl methyl sites for hydroxylation is 3. The third-order valence-corrected chi connectivity index (χ3v) is 6.67. The van der Waals surface area contributed by atoms with Crippen molar-refractivity contribution in [1.29, 1.82) is 0 Å². The molecule has 40 heavy (non-hydrogen) atoms. The first-order valence-electron chi connectivity index (χ1n) is 12.6. The van der Waals surface area contributed by atoms with Gasteiger partial charge in [-0.05, 0) is 55.9 Å². The number of carboxylic acids is 1. The molecule has 0 bridgehead atoms. The number of nitrogens with one attached hydrogen (secondary N) is 1. The molecule has 3 rings (SSSR count). The third kappa shape index (κ3) is 7.53. The zero-order chi connectivity index (χ0) is 29.7. The molecular weight excluding hydrogens is 550 g/mol. The van der Waals surface area contributed by atoms with Crippen LogP contribution in [0.5, 0.6) is 5.75 Å². The highest BCUT2D eigenvalue weighted by molar-refractivity contribution is 6.31. The molecule has 1 unspecified atom stereocenters. The van der Waals surface area contributed by atoms with Gasteiger partial charge in [0, 0.05) is 17.5 Å². The van der Waals surface area contributed by atoms with Crippen LogP contribution in [0, 0.1) is 43.0 Å². The van der Waals surface area contributed by atoms with Gasteiger partial charge in [0.15, 0.2) is 23.3 Å². The molecule has 3 aromatic rings. The molecule has 0 aliphatic rings. The SMILES string of the molecule is Cc1cc(C)cc(C(CC(C)C)NC(=O)c2cc(OCc3c(F)c(F)c(F)c(F)c3Cl)ccc2CCC(=O)O)c1. The highest BCUT2D eigenvalue weighted by Gasteiger charge is 2.25. The van der Waals surface area contributed by atoms with Crippen molar-refractivity contribution in [3.8, 4) is 5.75 Å². The molecule has 0 saturated heterocycles. The summed E-state index contributed by atoms with van der Waals surface area (Å²) in [6.07, 6.45) is 0.447. The number of benzene rings is 3. The highest BCUT2D eigenvalue weighted by atomic mass is 35.5. The van der Waals surface area contributed by atoms with E-state index in [0.717, 1.165) is 16.7 Å². The van der Waals surface area contributed by atoms with E-state index in [-0.39, 0.29) is 36.1 Å². The number of carbonyl (C=O) groups is 2. The lowest BCUT2D eigenvalue weighted by molar-refractivity contribution is -0.136. The number of carboxylic acid groups (broad SMARTS) is 1. The third-order valence-electron chi connectivity index (χ3n) is 6.28. The Labute approximate surface area is 235 Å². The van der Waals surface area contributed by atoms with E-state index in [1.54, 1.807) is 0 Å². The first kappa shape index (κ1) is 30.9. The summed E-state index contributed by atoms with van der Waals surface area (Å²) in [7, 11) is 0. The average molecular weight is 580 g/mol. The first-order valence-corrected chi connectivity index (χ1v) is 13.0. The van der Waals surface area contributed by atoms with Gasteiger partial charge in [0.05, 0.1) is 11.1 Å². The van der Waals surface area contributed by atoms with Gasteiger partial charge >= 0.3 is 5.97 Å². The van der Waals surface area contributed by atoms with Crippen LogP contribution in [0.15, 0.2) is 36.4 Å². The number of carbonyl (C=O) groups excluding carboxylic acids is 1. The molecule has 5 nitrogen and oxygen atoms in total. The summed E-state index contributed by atoms with van der Waals surface area (Å²) >= 11 is 5.68. The summed E-state index contributed by atoms with van der Waals surface area (Å²) < 4.78 is 60.8. The van der Waals surface area contributed by atoms with Crippen LogP contribution in [-0.2, 0) is 17.8 Å². The summed E-state index contributed by atoms with van der Waals surface area (Å²) in [4.78, 5) is 24.8. The Hall–Kier alpha value is -3.59. The van der Waals surface area contributed by atoms with Gasteiger partial charge < -0.3 is 15.2 Å². The van der Waals surface area contributed by atoms with E-state index in [0.29, 0.717) is 12.0 Å². The molecule has 2 N–H and O–H groups in total. The van der Waals surface area contributed by atoms with Gasteiger partial charge in [-0.25, -0.2) is 17.6 Å². The van der Waals surface area contributed by atoms with E-state index < -0.39 is 52.3 Å². The molecule has 0 aliphatic carbocycles. The van der Waals surface area contributed by atoms with Crippen LogP contribution in [0.3, 0.4) is 0 Å². The maximum Gasteiger partial charge on any atom is 0.303 e. The fourth-order valence-corrected chi connectivity index (χ4v) is 4.67. The van der Waals surface area contributed by atoms with E-state index in [1.807, 2.05) is 45.9 Å². The fourth-order valence-electron chi connectivity index (χ4n) is 4.45. The minimum Gasteiger partial charge on any atom is -0.489 e. The van der Waals surface area contributed by atoms with Crippen LogP contribution < -0.4 is 10.1 Å². The van der Waals surface area contributed by atoms with Crippen molar-refractivity contribution >= 4 is 23.5 Å². The lowest BCUT2D eigenvalue weighted by Crippen LogP contribution is -2.30. The molecule has 0 spiro atoms. The Kier molecular flexibility index (Phi) is 10.2. The van der Waals surface area contributed by atoms with E-state index in [2.05, 4.69) is 5.32 Å². The smallest absolute Gasteiger partial charge is 0.303 e. The highest BCUT2D eigenvalue weighted by Crippen LogP contribution is 2.30. The molecule has 1 atom stereocenters. The minimum atomic E-state index is -2.03. The zero-order valence-electron chi connectivity index (χ0n) is 22.5. The lowest BCUT2D eigenvalue weighted by Gasteiger charge is -2.23. The summed E-state index contributed by atoms with van der Waals surface area (Å²) in [6, 6.07) is 9.89. The molecule has 0 aliphatic heterocycles. The molecule has 0 aromatic heterocycles. The van der Waals surface area contributed by atoms with Gasteiger partial charge in [0.2, 0.25) is 0 Å². The predicted molar refractivity (Wildman–Crippen MR) is 144 cm³/mol. The summed E-state index contributed by atoms with van der Waals surface area (Å²) in [6.45, 7) is 7.22. The van der Waals surface area contributed by atoms with E-state index in [1.165, 1.54) is 18.2 Å². The Bertz CT molecular complexity index is 1380. The second kappa shape index (κ2) is 13.2. The molecule has 0 radical (unpaired) electrons. The van der Waals surface area contributed by atoms with Gasteiger partial charge in [-0.2, -0.15) is 0 Å². The van der Waals surface area contributed by atoms with Crippen LogP contribution in [0.2, 0.25) is 5.02 Å². The van der Waals surface area contributed by atoms with Gasteiger partial charge in [0.25, 0.3) is 5.91 Å². The Balaban J connectivity index is 1.95. The monoisotopic (exact) mass is 579 g/mol. The molecular formula is C30H30ClF4NO4. The second-order valence-corrected chi connectivity index (χ2v) is 10.5. The molecule has 1 amide bonds. The molecule has 0 saturated carbocycles. The summed E-state index contributed by atoms with van der Waals surface area (Å²) in [5, 5.41) is 11.2. The van der Waals surface area contributed by atoms with E-state index >= 15 is 0 Å². The minimum absolute atomic E-state index is 0.0247. The van der Waals surface area contributed by atoms with Crippen LogP contribution in [0.4, 0.5) is 17.6 Å². The standard InChI is InChI=1S/C30H30ClF4NO4/c1-15(2)9-23(19-11-16(3)10-17(4)12-19)36-30(39)21-13-20(7-5-18(21)6-8-24(37)38)40-14-22-25(31)27(33)29(35)28(34)26(22)32/h5,7,10-13,15,23H,6,8-9,14H2,1-4H3,(H,36,39)(H,37,38). The van der Waals surface area contributed by atoms with Gasteiger partial charge in [0.1, 0.15) is 12.4 Å². The maximum atomic E-state index is 14.3. The van der Waals surface area contributed by atoms with Crippen molar-refractivity contribution in [2.24, 2.45) is 5.92 Å². The maximum absolute atomic E-state index is 14.3. The second-order valence-electron chi connectivity index (χ2n) is 10.1. The van der Waals surface area contributed by atoms with Gasteiger partial charge in [-0.3, -0.25) is 9.59 Å². The normalized spacial score (nSPS) is 11.9. The summed E-state index contributed by atoms with van der Waals surface area (Å²) in [5.41, 5.74) is 2.82. The van der Waals surface area contributed by atoms with Crippen LogP contribution in [0.25, 0.3) is 0 Å². The number of ether oxygens (including phenoxy) is 1. The van der Waals surface area contributed by atoms with Gasteiger partial charge in [-0.1, -0.05) is 60.8 Å². The lowest BCUT2D eigenvalue weighted by atomic mass is 9.93. The number of rotatable bonds is 11. The molecule has 3 aromatic carbocycles. The predicted octanol–water partition coefficient (Wildman–Crippen LogP) is 7.63. The quantitative estimate of drug-likeness (QED) is 0.139. The zero-order valence-corrected chi connectivity index (χ0v) is 23.3. The topological polar surface area (TPSA) is 75.6 Å². The average Bonchev–Trinajstić information content (AvgIpc) is 2.88. The van der Waals surface area contributed by atoms with Crippen molar-refractivity contribution in [3.63, 3.8) is 0 Å². The number of amides is 1. The molecule has 0 heterocycles. The van der Waals surface area contributed by atoms with Crippen molar-refractivity contribution in [1.82, 2.24) is 5.32 Å². The largest absolute Gasteiger partial charge is 0.489 e. The number of hydrogen-bond donors (Lipinski definition) is 2. The molecule has 214 valence electrons. The van der Waals surface area contributed by atoms with E-state index in [9.17, 15) is 27.2 Å². The Morgan fingerprint density at radius 2 is 1.57 bits per heavy atom. The van der Waals surface area contributed by atoms with Crippen LogP contribution in [-0.4, -0.2) is 17.0 Å². The Morgan fingerprint density at radius 1 is 0.950 bits per heavy atom. The summed E-state index contributed by atoms with van der Waals surface area (Å²) in [5.74, 6) is -8.76. The first-order chi connectivity index (χ1) is 18.8. The van der Waals surface area contributed by atoms with Crippen LogP contribution in [0.1, 0.15) is 70.9 Å². The van der Waals surface area contributed by atoms with Crippen LogP contribution >= 0.6 is 11.6 Å². The Morgan fingerprint density at radius 3 is 2.17 bits per heavy atom. The number of halogens is 5.